The van der Waals surface area contributed by atoms with Crippen molar-refractivity contribution >= 4 is 35.3 Å². The first-order chi connectivity index (χ1) is 20.5. The Labute approximate surface area is 264 Å². The third-order valence-electron chi connectivity index (χ3n) is 6.22. The maximum atomic E-state index is 12.4. The summed E-state index contributed by atoms with van der Waals surface area (Å²) in [6.07, 6.45) is -15.6. The molecule has 0 radical (unpaired) electrons. The van der Waals surface area contributed by atoms with Gasteiger partial charge >= 0.3 is 7.82 Å². The minimum Gasteiger partial charge on any atom is -0.394 e. The smallest absolute Gasteiger partial charge is 0.394 e. The van der Waals surface area contributed by atoms with Crippen LogP contribution >= 0.6 is 29.4 Å². The van der Waals surface area contributed by atoms with E-state index in [1.165, 1.54) is 10.8 Å². The van der Waals surface area contributed by atoms with Gasteiger partial charge in [-0.05, 0) is 6.42 Å². The predicted octanol–water partition coefficient (Wildman–Crippen LogP) is -2.20. The normalized spacial score (nSPS) is 35.2. The van der Waals surface area contributed by atoms with Crippen molar-refractivity contribution in [2.24, 2.45) is 5.73 Å². The molecule has 0 saturated carbocycles. The number of phosphoric ester groups is 1. The van der Waals surface area contributed by atoms with Gasteiger partial charge in [0.05, 0.1) is 25.9 Å². The van der Waals surface area contributed by atoms with Crippen LogP contribution in [0.5, 0.6) is 0 Å². The summed E-state index contributed by atoms with van der Waals surface area (Å²) < 4.78 is 44.2. The minimum atomic E-state index is -4.75. The number of nitrogens with one attached hydrogen (secondary N) is 1. The molecule has 0 aliphatic carbocycles. The number of carbonyl (C=O) groups excluding carboxylic acids is 1. The first kappa shape index (κ1) is 40.0. The first-order valence-electron chi connectivity index (χ1n) is 14.1. The van der Waals surface area contributed by atoms with E-state index >= 15 is 0 Å². The summed E-state index contributed by atoms with van der Waals surface area (Å²) in [7, 11) is -1.72. The average Bonchev–Trinajstić information content (AvgIpc) is 2.95. The van der Waals surface area contributed by atoms with Crippen molar-refractivity contribution in [2.75, 3.05) is 38.7 Å². The highest BCUT2D eigenvalue weighted by molar-refractivity contribution is 8.77. The van der Waals surface area contributed by atoms with E-state index < -0.39 is 101 Å². The Balaban J connectivity index is 1.90. The summed E-state index contributed by atoms with van der Waals surface area (Å²) in [5.74, 6) is -0.120. The van der Waals surface area contributed by atoms with Crippen LogP contribution in [0.2, 0.25) is 0 Å². The molecule has 0 aromatic heterocycles. The molecule has 2 aliphatic heterocycles. The van der Waals surface area contributed by atoms with Crippen molar-refractivity contribution in [2.45, 2.75) is 106 Å². The van der Waals surface area contributed by atoms with Gasteiger partial charge in [0.15, 0.2) is 12.6 Å². The van der Waals surface area contributed by atoms with Gasteiger partial charge in [-0.3, -0.25) is 13.8 Å². The molecule has 1 amide bonds. The topological polar surface area (TPSA) is 269 Å². The van der Waals surface area contributed by atoms with Gasteiger partial charge in [0.25, 0.3) is 0 Å². The van der Waals surface area contributed by atoms with Crippen molar-refractivity contribution < 1.29 is 72.9 Å². The molecule has 12 atom stereocenters. The zero-order valence-electron chi connectivity index (χ0n) is 25.0. The van der Waals surface area contributed by atoms with Crippen LogP contribution in [0.3, 0.4) is 0 Å². The van der Waals surface area contributed by atoms with Gasteiger partial charge < -0.3 is 65.5 Å². The molecular weight excluding hydrogens is 651 g/mol. The van der Waals surface area contributed by atoms with E-state index in [-0.39, 0.29) is 17.9 Å². The molecular formula is C24H47N2O15PS2. The molecule has 2 aliphatic rings. The molecule has 2 saturated heterocycles. The third kappa shape index (κ3) is 12.5. The number of hydrogen-bond acceptors (Lipinski definition) is 17. The number of hydrogen-bond donors (Lipinski definition) is 9. The van der Waals surface area contributed by atoms with E-state index in [0.29, 0.717) is 12.2 Å². The molecule has 260 valence electrons. The summed E-state index contributed by atoms with van der Waals surface area (Å²) in [6.45, 7) is 6.00. The Morgan fingerprint density at radius 3 is 2.23 bits per heavy atom. The molecule has 20 heteroatoms. The molecule has 2 fully saturated rings. The van der Waals surface area contributed by atoms with Crippen molar-refractivity contribution in [3.63, 3.8) is 0 Å². The lowest BCUT2D eigenvalue weighted by atomic mass is 9.97. The number of nitrogens with two attached hydrogens (primary N) is 1. The lowest BCUT2D eigenvalue weighted by molar-refractivity contribution is -0.367. The van der Waals surface area contributed by atoms with Gasteiger partial charge in [0, 0.05) is 23.7 Å². The summed E-state index contributed by atoms with van der Waals surface area (Å²) in [4.78, 5) is 22.2. The second-order valence-electron chi connectivity index (χ2n) is 11.2. The molecule has 0 spiro atoms. The maximum Gasteiger partial charge on any atom is 0.472 e. The van der Waals surface area contributed by atoms with Crippen LogP contribution in [0.4, 0.5) is 0 Å². The minimum absolute atomic E-state index is 0.00495. The van der Waals surface area contributed by atoms with E-state index in [4.69, 9.17) is 33.7 Å². The molecule has 0 aromatic rings. The molecule has 10 N–H and O–H groups in total. The summed E-state index contributed by atoms with van der Waals surface area (Å²) in [5, 5.41) is 64.1. The van der Waals surface area contributed by atoms with Crippen LogP contribution in [0.1, 0.15) is 34.1 Å². The maximum absolute atomic E-state index is 12.4. The number of phosphoric acid groups is 1. The molecule has 0 aromatic carbocycles. The quantitative estimate of drug-likeness (QED) is 0.0443. The largest absolute Gasteiger partial charge is 0.472 e. The van der Waals surface area contributed by atoms with Crippen LogP contribution in [0.15, 0.2) is 0 Å². The van der Waals surface area contributed by atoms with Gasteiger partial charge in [-0.2, -0.15) is 0 Å². The third-order valence-corrected chi connectivity index (χ3v) is 10.6. The van der Waals surface area contributed by atoms with E-state index in [2.05, 4.69) is 5.32 Å². The van der Waals surface area contributed by atoms with Crippen LogP contribution in [0.25, 0.3) is 0 Å². The Morgan fingerprint density at radius 1 is 0.977 bits per heavy atom. The fourth-order valence-electron chi connectivity index (χ4n) is 3.92. The summed E-state index contributed by atoms with van der Waals surface area (Å²) in [5.41, 5.74) is 5.85. The molecule has 0 bridgehead atoms. The Kier molecular flexibility index (Phi) is 16.7. The fourth-order valence-corrected chi connectivity index (χ4v) is 7.08. The summed E-state index contributed by atoms with van der Waals surface area (Å²) in [6, 6.07) is -0.803. The van der Waals surface area contributed by atoms with Gasteiger partial charge in [0.1, 0.15) is 48.8 Å². The Hall–Kier alpha value is -0.160. The van der Waals surface area contributed by atoms with E-state index in [1.807, 2.05) is 20.8 Å². The zero-order valence-corrected chi connectivity index (χ0v) is 27.6. The zero-order chi connectivity index (χ0) is 33.2. The second-order valence-corrected chi connectivity index (χ2v) is 15.8. The van der Waals surface area contributed by atoms with Crippen LogP contribution < -0.4 is 11.1 Å². The number of amides is 1. The van der Waals surface area contributed by atoms with Crippen molar-refractivity contribution in [3.05, 3.63) is 0 Å². The Bertz CT molecular complexity index is 921. The highest BCUT2D eigenvalue weighted by Gasteiger charge is 2.51. The monoisotopic (exact) mass is 698 g/mol. The highest BCUT2D eigenvalue weighted by atomic mass is 33.1. The number of aliphatic hydroxyl groups excluding tert-OH is 6. The van der Waals surface area contributed by atoms with Crippen molar-refractivity contribution in [1.29, 1.82) is 0 Å². The fraction of sp³-hybridized carbons (Fsp3) is 0.958. The number of carbonyl (C=O) groups is 1. The van der Waals surface area contributed by atoms with Gasteiger partial charge in [0.2, 0.25) is 5.91 Å². The lowest BCUT2D eigenvalue weighted by Crippen LogP contribution is -2.64. The highest BCUT2D eigenvalue weighted by Crippen LogP contribution is 2.43. The van der Waals surface area contributed by atoms with E-state index in [9.17, 15) is 44.9 Å². The van der Waals surface area contributed by atoms with E-state index in [0.717, 1.165) is 0 Å². The lowest BCUT2D eigenvalue weighted by Gasteiger charge is -2.46. The molecule has 1 unspecified atom stereocenters. The van der Waals surface area contributed by atoms with Gasteiger partial charge in [-0.1, -0.05) is 49.3 Å². The van der Waals surface area contributed by atoms with E-state index in [1.54, 1.807) is 17.7 Å². The second kappa shape index (κ2) is 18.4. The first-order valence-corrected chi connectivity index (χ1v) is 17.9. The molecule has 17 nitrogen and oxygen atoms in total. The molecule has 2 rings (SSSR count). The van der Waals surface area contributed by atoms with Crippen molar-refractivity contribution in [3.8, 4) is 0 Å². The standard InChI is InChI=1S/C24H47N2O15PS2/c1-5-7-36-23-20(18(31)15(28)13(9-27)39-23)41-22-19(32)17(30)16(29)14(40-22)10-38-42(34,35)37-8-6-26-21(33)12(25)11-43-44-24(2,3)4/h12-20,22-23,27-32H,5-11,25H2,1-4H3,(H,26,33)(H,34,35)/t12-,13+,14+,15+,16+,17-,18-,19-,20-,22+,23-/m0/s1. The van der Waals surface area contributed by atoms with Crippen LogP contribution in [-0.2, 0) is 37.4 Å². The van der Waals surface area contributed by atoms with Crippen LogP contribution in [0, 0.1) is 0 Å². The van der Waals surface area contributed by atoms with Gasteiger partial charge in [-0.15, -0.1) is 0 Å². The number of rotatable bonds is 17. The average molecular weight is 699 g/mol. The molecule has 44 heavy (non-hydrogen) atoms. The number of ether oxygens (including phenoxy) is 4. The SMILES string of the molecule is CCCO[C@H]1O[C@H](CO)[C@@H](O)[C@H](O)[C@@H]1O[C@H]1O[C@H](COP(=O)(O)OCCNC(=O)[C@@H](N)CSSC(C)(C)C)[C@@H](O)[C@H](O)[C@@H]1O. The Morgan fingerprint density at radius 2 is 1.61 bits per heavy atom. The van der Waals surface area contributed by atoms with Crippen molar-refractivity contribution in [1.82, 2.24) is 5.32 Å². The summed E-state index contributed by atoms with van der Waals surface area (Å²) >= 11 is 0. The van der Waals surface area contributed by atoms with Gasteiger partial charge in [-0.25, -0.2) is 4.57 Å². The predicted molar refractivity (Wildman–Crippen MR) is 158 cm³/mol. The molecule has 2 heterocycles. The number of aliphatic hydroxyl groups is 6. The van der Waals surface area contributed by atoms with Crippen LogP contribution in [-0.4, -0.2) is 152 Å².